The second kappa shape index (κ2) is 10.5. The molecule has 1 saturated heterocycles. The number of benzene rings is 1. The van der Waals surface area contributed by atoms with E-state index in [1.54, 1.807) is 24.3 Å². The quantitative estimate of drug-likeness (QED) is 0.214. The highest BCUT2D eigenvalue weighted by Gasteiger charge is 2.50. The van der Waals surface area contributed by atoms with Crippen LogP contribution in [0.15, 0.2) is 29.4 Å². The summed E-state index contributed by atoms with van der Waals surface area (Å²) in [6, 6.07) is 5.64. The van der Waals surface area contributed by atoms with Crippen LogP contribution in [0, 0.1) is 0 Å². The Morgan fingerprint density at radius 1 is 1.03 bits per heavy atom. The molecule has 0 bridgehead atoms. The average Bonchev–Trinajstić information content (AvgIpc) is 2.69. The first-order valence-corrected chi connectivity index (χ1v) is 9.08. The second-order valence-corrected chi connectivity index (χ2v) is 6.51. The van der Waals surface area contributed by atoms with Gasteiger partial charge in [-0.15, -0.1) is 0 Å². The summed E-state index contributed by atoms with van der Waals surface area (Å²) in [7, 11) is 1.52. The van der Waals surface area contributed by atoms with Crippen molar-refractivity contribution in [1.29, 1.82) is 0 Å². The molecule has 1 aromatic carbocycles. The van der Waals surface area contributed by atoms with Gasteiger partial charge in [0.05, 0.1) is 7.11 Å². The largest absolute Gasteiger partial charge is 0.497 e. The van der Waals surface area contributed by atoms with Crippen molar-refractivity contribution in [1.82, 2.24) is 0 Å². The monoisotopic (exact) mass is 421 g/mol. The Kier molecular flexibility index (Phi) is 8.02. The standard InChI is InChI=1S/C19H23N3O8/c1-10(23)27-9-15-18(28-11(2)24)16(21-22-20)19(29-12(3)25)17(30-15)13-5-7-14(26-4)8-6-13/h5-8,15-19H,9H2,1-4H3/t15-,16?,17+,18+,19-/m1/s1. The summed E-state index contributed by atoms with van der Waals surface area (Å²) in [5.74, 6) is -1.28. The molecule has 0 aromatic heterocycles. The molecule has 1 unspecified atom stereocenters. The number of ether oxygens (including phenoxy) is 5. The first-order valence-electron chi connectivity index (χ1n) is 9.08. The highest BCUT2D eigenvalue weighted by Crippen LogP contribution is 2.38. The molecule has 1 heterocycles. The highest BCUT2D eigenvalue weighted by atomic mass is 16.6. The molecule has 30 heavy (non-hydrogen) atoms. The molecule has 5 atom stereocenters. The van der Waals surface area contributed by atoms with E-state index in [0.29, 0.717) is 11.3 Å². The van der Waals surface area contributed by atoms with Crippen molar-refractivity contribution in [2.24, 2.45) is 5.11 Å². The first kappa shape index (κ1) is 23.0. The third-order valence-corrected chi connectivity index (χ3v) is 4.34. The molecule has 162 valence electrons. The zero-order valence-corrected chi connectivity index (χ0v) is 17.0. The summed E-state index contributed by atoms with van der Waals surface area (Å²) in [5.41, 5.74) is 9.68. The Balaban J connectivity index is 2.50. The van der Waals surface area contributed by atoms with Gasteiger partial charge in [0.25, 0.3) is 0 Å². The minimum absolute atomic E-state index is 0.260. The van der Waals surface area contributed by atoms with Crippen LogP contribution in [0.1, 0.15) is 32.4 Å². The van der Waals surface area contributed by atoms with E-state index in [-0.39, 0.29) is 6.61 Å². The number of methoxy groups -OCH3 is 1. The van der Waals surface area contributed by atoms with Gasteiger partial charge in [0, 0.05) is 25.7 Å². The summed E-state index contributed by atoms with van der Waals surface area (Å²) in [6.07, 6.45) is -4.09. The molecule has 0 aliphatic carbocycles. The van der Waals surface area contributed by atoms with Gasteiger partial charge < -0.3 is 23.7 Å². The molecule has 1 aliphatic rings. The van der Waals surface area contributed by atoms with Crippen molar-refractivity contribution in [3.05, 3.63) is 40.3 Å². The predicted octanol–water partition coefficient (Wildman–Crippen LogP) is 2.24. The topological polar surface area (TPSA) is 146 Å². The van der Waals surface area contributed by atoms with Crippen molar-refractivity contribution in [2.75, 3.05) is 13.7 Å². The molecule has 11 nitrogen and oxygen atoms in total. The molecule has 0 amide bonds. The second-order valence-electron chi connectivity index (χ2n) is 6.51. The van der Waals surface area contributed by atoms with Gasteiger partial charge in [-0.05, 0) is 23.2 Å². The molecule has 1 aromatic rings. The van der Waals surface area contributed by atoms with Crippen LogP contribution in [0.25, 0.3) is 10.4 Å². The van der Waals surface area contributed by atoms with Gasteiger partial charge in [0.1, 0.15) is 42.8 Å². The van der Waals surface area contributed by atoms with Gasteiger partial charge in [-0.25, -0.2) is 0 Å². The lowest BCUT2D eigenvalue weighted by molar-refractivity contribution is -0.218. The van der Waals surface area contributed by atoms with E-state index in [4.69, 9.17) is 29.2 Å². The molecule has 1 aliphatic heterocycles. The van der Waals surface area contributed by atoms with E-state index in [1.807, 2.05) is 0 Å². The van der Waals surface area contributed by atoms with E-state index in [9.17, 15) is 14.4 Å². The number of hydrogen-bond donors (Lipinski definition) is 0. The third-order valence-electron chi connectivity index (χ3n) is 4.34. The maximum atomic E-state index is 11.8. The lowest BCUT2D eigenvalue weighted by atomic mass is 9.89. The Morgan fingerprint density at radius 2 is 1.63 bits per heavy atom. The summed E-state index contributed by atoms with van der Waals surface area (Å²) >= 11 is 0. The smallest absolute Gasteiger partial charge is 0.303 e. The minimum Gasteiger partial charge on any atom is -0.497 e. The number of azide groups is 1. The van der Waals surface area contributed by atoms with Crippen LogP contribution in [0.3, 0.4) is 0 Å². The SMILES string of the molecule is COc1ccc([C@@H]2O[C@H](COC(C)=O)[C@H](OC(C)=O)C(N=[N+]=[N-])[C@H]2OC(C)=O)cc1. The van der Waals surface area contributed by atoms with Crippen LogP contribution >= 0.6 is 0 Å². The normalized spacial score (nSPS) is 25.4. The predicted molar refractivity (Wildman–Crippen MR) is 101 cm³/mol. The Morgan fingerprint density at radius 3 is 2.13 bits per heavy atom. The number of rotatable bonds is 7. The van der Waals surface area contributed by atoms with Crippen molar-refractivity contribution in [3.8, 4) is 5.75 Å². The van der Waals surface area contributed by atoms with Crippen LogP contribution in [0.5, 0.6) is 5.75 Å². The molecule has 0 saturated carbocycles. The van der Waals surface area contributed by atoms with E-state index >= 15 is 0 Å². The zero-order chi connectivity index (χ0) is 22.3. The Hall–Kier alpha value is -3.30. The summed E-state index contributed by atoms with van der Waals surface area (Å²) in [6.45, 7) is 3.33. The van der Waals surface area contributed by atoms with Gasteiger partial charge in [-0.3, -0.25) is 14.4 Å². The molecule has 0 spiro atoms. The van der Waals surface area contributed by atoms with Crippen molar-refractivity contribution in [3.63, 3.8) is 0 Å². The number of hydrogen-bond acceptors (Lipinski definition) is 9. The highest BCUT2D eigenvalue weighted by molar-refractivity contribution is 5.67. The maximum absolute atomic E-state index is 11.8. The van der Waals surface area contributed by atoms with Gasteiger partial charge in [0.2, 0.25) is 0 Å². The van der Waals surface area contributed by atoms with Gasteiger partial charge in [0.15, 0.2) is 0 Å². The third kappa shape index (κ3) is 5.85. The number of carbonyl (C=O) groups is 3. The van der Waals surface area contributed by atoms with Crippen LogP contribution in [-0.4, -0.2) is 56.0 Å². The Bertz CT molecular complexity index is 822. The molecule has 2 rings (SSSR count). The van der Waals surface area contributed by atoms with Crippen LogP contribution in [-0.2, 0) is 33.3 Å². The van der Waals surface area contributed by atoms with Crippen molar-refractivity contribution < 1.29 is 38.1 Å². The molecular weight excluding hydrogens is 398 g/mol. The van der Waals surface area contributed by atoms with E-state index in [0.717, 1.165) is 0 Å². The van der Waals surface area contributed by atoms with Crippen molar-refractivity contribution in [2.45, 2.75) is 51.2 Å². The van der Waals surface area contributed by atoms with E-state index in [1.165, 1.54) is 27.9 Å². The molecule has 0 N–H and O–H groups in total. The number of carbonyl (C=O) groups excluding carboxylic acids is 3. The molecule has 0 radical (unpaired) electrons. The van der Waals surface area contributed by atoms with Gasteiger partial charge >= 0.3 is 17.9 Å². The average molecular weight is 421 g/mol. The Labute approximate surface area is 172 Å². The maximum Gasteiger partial charge on any atom is 0.303 e. The summed E-state index contributed by atoms with van der Waals surface area (Å²) < 4.78 is 26.9. The zero-order valence-electron chi connectivity index (χ0n) is 17.0. The summed E-state index contributed by atoms with van der Waals surface area (Å²) in [4.78, 5) is 37.5. The van der Waals surface area contributed by atoms with Crippen molar-refractivity contribution >= 4 is 17.9 Å². The van der Waals surface area contributed by atoms with Crippen LogP contribution in [0.4, 0.5) is 0 Å². The van der Waals surface area contributed by atoms with Crippen LogP contribution < -0.4 is 4.74 Å². The number of nitrogens with zero attached hydrogens (tertiary/aromatic N) is 3. The van der Waals surface area contributed by atoms with Gasteiger partial charge in [-0.2, -0.15) is 0 Å². The number of esters is 3. The fourth-order valence-corrected chi connectivity index (χ4v) is 3.18. The lowest BCUT2D eigenvalue weighted by Gasteiger charge is -2.43. The van der Waals surface area contributed by atoms with Crippen LogP contribution in [0.2, 0.25) is 0 Å². The van der Waals surface area contributed by atoms with E-state index < -0.39 is 48.4 Å². The first-order chi connectivity index (χ1) is 14.3. The fraction of sp³-hybridized carbons (Fsp3) is 0.526. The molecule has 1 fully saturated rings. The molecular formula is C19H23N3O8. The lowest BCUT2D eigenvalue weighted by Crippen LogP contribution is -2.57. The van der Waals surface area contributed by atoms with Gasteiger partial charge in [-0.1, -0.05) is 17.2 Å². The molecule has 11 heteroatoms. The van der Waals surface area contributed by atoms with E-state index in [2.05, 4.69) is 10.0 Å². The summed E-state index contributed by atoms with van der Waals surface area (Å²) in [5, 5.41) is 3.72. The fourth-order valence-electron chi connectivity index (χ4n) is 3.18. The minimum atomic E-state index is -1.14.